The Kier molecular flexibility index (Phi) is 5.12. The molecule has 0 aliphatic rings. The van der Waals surface area contributed by atoms with Crippen LogP contribution in [0.4, 0.5) is 4.39 Å². The smallest absolute Gasteiger partial charge is 0.133 e. The van der Waals surface area contributed by atoms with Crippen LogP contribution in [0.3, 0.4) is 0 Å². The summed E-state index contributed by atoms with van der Waals surface area (Å²) in [6.07, 6.45) is 0. The third-order valence-electron chi connectivity index (χ3n) is 1.38. The Labute approximate surface area is 71.5 Å². The number of aliphatic hydroxyl groups is 1. The SMILES string of the molecule is C=C(CO)N/C(CF)=C(\C)OC. The van der Waals surface area contributed by atoms with Crippen LogP contribution in [0.2, 0.25) is 0 Å². The van der Waals surface area contributed by atoms with E-state index in [4.69, 9.17) is 9.84 Å². The largest absolute Gasteiger partial charge is 0.499 e. The van der Waals surface area contributed by atoms with Crippen molar-refractivity contribution in [3.63, 3.8) is 0 Å². The van der Waals surface area contributed by atoms with Crippen LogP contribution in [-0.2, 0) is 4.74 Å². The summed E-state index contributed by atoms with van der Waals surface area (Å²) in [6, 6.07) is 0. The molecule has 0 saturated heterocycles. The summed E-state index contributed by atoms with van der Waals surface area (Å²) in [5, 5.41) is 11.2. The molecule has 0 spiro atoms. The molecular formula is C8H14FNO2. The van der Waals surface area contributed by atoms with Gasteiger partial charge < -0.3 is 15.2 Å². The number of alkyl halides is 1. The van der Waals surface area contributed by atoms with Crippen LogP contribution in [0.25, 0.3) is 0 Å². The van der Waals surface area contributed by atoms with Gasteiger partial charge in [-0.25, -0.2) is 4.39 Å². The Bertz CT molecular complexity index is 189. The van der Waals surface area contributed by atoms with Gasteiger partial charge in [-0.15, -0.1) is 0 Å². The van der Waals surface area contributed by atoms with Crippen molar-refractivity contribution in [2.75, 3.05) is 20.4 Å². The number of allylic oxidation sites excluding steroid dienone is 2. The van der Waals surface area contributed by atoms with Crippen LogP contribution in [-0.4, -0.2) is 25.5 Å². The van der Waals surface area contributed by atoms with Crippen molar-refractivity contribution in [2.45, 2.75) is 6.92 Å². The molecule has 2 N–H and O–H groups in total. The predicted octanol–water partition coefficient (Wildman–Crippen LogP) is 0.929. The van der Waals surface area contributed by atoms with E-state index in [1.807, 2.05) is 0 Å². The van der Waals surface area contributed by atoms with Gasteiger partial charge in [0, 0.05) is 5.70 Å². The van der Waals surface area contributed by atoms with Crippen molar-refractivity contribution in [1.29, 1.82) is 0 Å². The van der Waals surface area contributed by atoms with E-state index in [1.165, 1.54) is 7.11 Å². The lowest BCUT2D eigenvalue weighted by molar-refractivity contribution is 0.279. The molecule has 0 rings (SSSR count). The number of ether oxygens (including phenoxy) is 1. The van der Waals surface area contributed by atoms with Crippen molar-refractivity contribution >= 4 is 0 Å². The highest BCUT2D eigenvalue weighted by Crippen LogP contribution is 2.03. The molecule has 70 valence electrons. The first-order valence-corrected chi connectivity index (χ1v) is 3.51. The van der Waals surface area contributed by atoms with Crippen LogP contribution in [0.5, 0.6) is 0 Å². The third-order valence-corrected chi connectivity index (χ3v) is 1.38. The van der Waals surface area contributed by atoms with Gasteiger partial charge in [0.1, 0.15) is 12.4 Å². The first-order chi connectivity index (χ1) is 5.65. The van der Waals surface area contributed by atoms with Crippen LogP contribution >= 0.6 is 0 Å². The van der Waals surface area contributed by atoms with Gasteiger partial charge in [-0.2, -0.15) is 0 Å². The zero-order valence-corrected chi connectivity index (χ0v) is 7.35. The van der Waals surface area contributed by atoms with Crippen molar-refractivity contribution in [3.8, 4) is 0 Å². The van der Waals surface area contributed by atoms with E-state index < -0.39 is 6.67 Å². The summed E-state index contributed by atoms with van der Waals surface area (Å²) in [5.74, 6) is 0.451. The number of aliphatic hydroxyl groups excluding tert-OH is 1. The van der Waals surface area contributed by atoms with E-state index in [-0.39, 0.29) is 12.3 Å². The molecule has 3 nitrogen and oxygen atoms in total. The second-order valence-corrected chi connectivity index (χ2v) is 2.26. The zero-order valence-electron chi connectivity index (χ0n) is 7.35. The van der Waals surface area contributed by atoms with Gasteiger partial charge in [-0.1, -0.05) is 6.58 Å². The molecule has 0 heterocycles. The molecule has 0 unspecified atom stereocenters. The zero-order chi connectivity index (χ0) is 9.56. The summed E-state index contributed by atoms with van der Waals surface area (Å²) in [6.45, 7) is 4.20. The first-order valence-electron chi connectivity index (χ1n) is 3.51. The molecular weight excluding hydrogens is 161 g/mol. The topological polar surface area (TPSA) is 41.5 Å². The standard InChI is InChI=1S/C8H14FNO2/c1-6(5-11)10-8(4-9)7(2)12-3/h10-11H,1,4-5H2,2-3H3/b8-7+. The fourth-order valence-corrected chi connectivity index (χ4v) is 0.592. The summed E-state index contributed by atoms with van der Waals surface area (Å²) in [7, 11) is 1.45. The van der Waals surface area contributed by atoms with Gasteiger partial charge in [0.25, 0.3) is 0 Å². The Morgan fingerprint density at radius 2 is 2.25 bits per heavy atom. The van der Waals surface area contributed by atoms with Gasteiger partial charge >= 0.3 is 0 Å². The van der Waals surface area contributed by atoms with Crippen molar-refractivity contribution in [2.24, 2.45) is 0 Å². The quantitative estimate of drug-likeness (QED) is 0.611. The Morgan fingerprint density at radius 1 is 1.67 bits per heavy atom. The van der Waals surface area contributed by atoms with Crippen LogP contribution < -0.4 is 5.32 Å². The average Bonchev–Trinajstić information content (AvgIpc) is 2.12. The fraction of sp³-hybridized carbons (Fsp3) is 0.500. The predicted molar refractivity (Wildman–Crippen MR) is 45.0 cm³/mol. The minimum Gasteiger partial charge on any atom is -0.499 e. The maximum Gasteiger partial charge on any atom is 0.133 e. The van der Waals surface area contributed by atoms with E-state index in [1.54, 1.807) is 6.92 Å². The third kappa shape index (κ3) is 3.39. The van der Waals surface area contributed by atoms with E-state index in [2.05, 4.69) is 11.9 Å². The van der Waals surface area contributed by atoms with Crippen LogP contribution in [0.1, 0.15) is 6.92 Å². The Morgan fingerprint density at radius 3 is 2.58 bits per heavy atom. The fourth-order valence-electron chi connectivity index (χ4n) is 0.592. The summed E-state index contributed by atoms with van der Waals surface area (Å²) in [5.41, 5.74) is 0.635. The van der Waals surface area contributed by atoms with Gasteiger partial charge in [-0.3, -0.25) is 0 Å². The number of rotatable bonds is 5. The molecule has 0 saturated carbocycles. The molecule has 4 heteroatoms. The minimum atomic E-state index is -0.668. The van der Waals surface area contributed by atoms with Crippen molar-refractivity contribution in [3.05, 3.63) is 23.7 Å². The summed E-state index contributed by atoms with van der Waals surface area (Å²) >= 11 is 0. The van der Waals surface area contributed by atoms with E-state index in [0.29, 0.717) is 11.5 Å². The molecule has 0 radical (unpaired) electrons. The van der Waals surface area contributed by atoms with Gasteiger partial charge in [0.05, 0.1) is 19.4 Å². The molecule has 0 amide bonds. The number of methoxy groups -OCH3 is 1. The first kappa shape index (κ1) is 11.0. The molecule has 0 aliphatic heterocycles. The van der Waals surface area contributed by atoms with E-state index >= 15 is 0 Å². The lowest BCUT2D eigenvalue weighted by atomic mass is 10.3. The molecule has 0 bridgehead atoms. The highest BCUT2D eigenvalue weighted by atomic mass is 19.1. The number of hydrogen-bond donors (Lipinski definition) is 2. The number of halogens is 1. The van der Waals surface area contributed by atoms with E-state index in [9.17, 15) is 4.39 Å². The molecule has 0 aliphatic carbocycles. The van der Waals surface area contributed by atoms with Gasteiger partial charge in [-0.05, 0) is 6.92 Å². The van der Waals surface area contributed by atoms with Gasteiger partial charge in [0.15, 0.2) is 0 Å². The molecule has 0 aromatic heterocycles. The number of hydrogen-bond acceptors (Lipinski definition) is 3. The highest BCUT2D eigenvalue weighted by molar-refractivity contribution is 5.11. The maximum atomic E-state index is 12.3. The number of nitrogens with one attached hydrogen (secondary N) is 1. The van der Waals surface area contributed by atoms with Crippen molar-refractivity contribution in [1.82, 2.24) is 5.32 Å². The molecule has 0 atom stereocenters. The lowest BCUT2D eigenvalue weighted by Crippen LogP contribution is -2.17. The van der Waals surface area contributed by atoms with Crippen LogP contribution in [0.15, 0.2) is 23.7 Å². The molecule has 0 aromatic carbocycles. The summed E-state index contributed by atoms with van der Waals surface area (Å²) in [4.78, 5) is 0. The van der Waals surface area contributed by atoms with Crippen LogP contribution in [0, 0.1) is 0 Å². The molecule has 0 aromatic rings. The van der Waals surface area contributed by atoms with Crippen molar-refractivity contribution < 1.29 is 14.2 Å². The lowest BCUT2D eigenvalue weighted by Gasteiger charge is -2.11. The Hall–Kier alpha value is -1.03. The van der Waals surface area contributed by atoms with Gasteiger partial charge in [0.2, 0.25) is 0 Å². The van der Waals surface area contributed by atoms with E-state index in [0.717, 1.165) is 0 Å². The molecule has 0 fully saturated rings. The second kappa shape index (κ2) is 5.60. The highest BCUT2D eigenvalue weighted by Gasteiger charge is 2.02. The minimum absolute atomic E-state index is 0.222. The second-order valence-electron chi connectivity index (χ2n) is 2.26. The monoisotopic (exact) mass is 175 g/mol. The average molecular weight is 175 g/mol. The normalized spacial score (nSPS) is 12.0. The summed E-state index contributed by atoms with van der Waals surface area (Å²) < 4.78 is 17.1. The molecule has 12 heavy (non-hydrogen) atoms. The Balaban J connectivity index is 4.26. The maximum absolute atomic E-state index is 12.3.